The molecule has 0 spiro atoms. The Morgan fingerprint density at radius 1 is 1.57 bits per heavy atom. The molecule has 0 unspecified atom stereocenters. The SMILES string of the molecule is CN1CCc2ncc(C(=O)O)nc2C1. The normalized spacial score (nSPS) is 16.4. The molecule has 2 rings (SSSR count). The molecule has 2 heterocycles. The standard InChI is InChI=1S/C9H11N3O2/c1-12-3-2-6-8(5-12)11-7(4-10-6)9(13)14/h4H,2-3,5H2,1H3,(H,13,14). The fourth-order valence-corrected chi connectivity index (χ4v) is 1.52. The van der Waals surface area contributed by atoms with E-state index in [0.29, 0.717) is 6.54 Å². The van der Waals surface area contributed by atoms with E-state index in [0.717, 1.165) is 24.4 Å². The lowest BCUT2D eigenvalue weighted by Gasteiger charge is -2.22. The monoisotopic (exact) mass is 193 g/mol. The summed E-state index contributed by atoms with van der Waals surface area (Å²) in [6.45, 7) is 1.64. The van der Waals surface area contributed by atoms with Crippen molar-refractivity contribution in [2.24, 2.45) is 0 Å². The smallest absolute Gasteiger partial charge is 0.356 e. The van der Waals surface area contributed by atoms with Gasteiger partial charge in [-0.25, -0.2) is 9.78 Å². The molecule has 0 amide bonds. The lowest BCUT2D eigenvalue weighted by Crippen LogP contribution is -2.28. The number of fused-ring (bicyclic) bond motifs is 1. The quantitative estimate of drug-likeness (QED) is 0.688. The molecule has 0 atom stereocenters. The van der Waals surface area contributed by atoms with E-state index in [1.165, 1.54) is 6.20 Å². The summed E-state index contributed by atoms with van der Waals surface area (Å²) < 4.78 is 0. The van der Waals surface area contributed by atoms with Crippen LogP contribution in [0.1, 0.15) is 21.9 Å². The van der Waals surface area contributed by atoms with Gasteiger partial charge in [0.05, 0.1) is 17.6 Å². The van der Waals surface area contributed by atoms with E-state index in [9.17, 15) is 4.79 Å². The molecule has 5 nitrogen and oxygen atoms in total. The summed E-state index contributed by atoms with van der Waals surface area (Å²) in [6, 6.07) is 0. The molecule has 5 heteroatoms. The van der Waals surface area contributed by atoms with E-state index in [2.05, 4.69) is 14.9 Å². The van der Waals surface area contributed by atoms with Crippen LogP contribution in [0.5, 0.6) is 0 Å². The molecular formula is C9H11N3O2. The summed E-state index contributed by atoms with van der Waals surface area (Å²) >= 11 is 0. The van der Waals surface area contributed by atoms with Gasteiger partial charge in [-0.1, -0.05) is 0 Å². The molecule has 0 radical (unpaired) electrons. The van der Waals surface area contributed by atoms with Crippen LogP contribution in [0, 0.1) is 0 Å². The molecule has 0 aliphatic carbocycles. The van der Waals surface area contributed by atoms with Gasteiger partial charge in [0.25, 0.3) is 0 Å². The maximum atomic E-state index is 10.7. The van der Waals surface area contributed by atoms with Crippen molar-refractivity contribution in [2.45, 2.75) is 13.0 Å². The first-order valence-corrected chi connectivity index (χ1v) is 4.43. The topological polar surface area (TPSA) is 66.3 Å². The second-order valence-corrected chi connectivity index (χ2v) is 3.44. The summed E-state index contributed by atoms with van der Waals surface area (Å²) in [7, 11) is 1.98. The van der Waals surface area contributed by atoms with Crippen molar-refractivity contribution < 1.29 is 9.90 Å². The average molecular weight is 193 g/mol. The Bertz CT molecular complexity index is 378. The number of aromatic carboxylic acids is 1. The van der Waals surface area contributed by atoms with E-state index in [4.69, 9.17) is 5.11 Å². The minimum atomic E-state index is -1.02. The first-order chi connectivity index (χ1) is 6.66. The summed E-state index contributed by atoms with van der Waals surface area (Å²) in [4.78, 5) is 20.9. The first kappa shape index (κ1) is 9.08. The van der Waals surface area contributed by atoms with Gasteiger partial charge in [-0.15, -0.1) is 0 Å². The number of nitrogens with zero attached hydrogens (tertiary/aromatic N) is 3. The highest BCUT2D eigenvalue weighted by atomic mass is 16.4. The van der Waals surface area contributed by atoms with Crippen LogP contribution in [0.3, 0.4) is 0 Å². The number of aromatic nitrogens is 2. The van der Waals surface area contributed by atoms with Crippen LogP contribution in [0.25, 0.3) is 0 Å². The van der Waals surface area contributed by atoms with Crippen molar-refractivity contribution >= 4 is 5.97 Å². The third kappa shape index (κ3) is 1.58. The molecular weight excluding hydrogens is 182 g/mol. The zero-order valence-corrected chi connectivity index (χ0v) is 7.90. The van der Waals surface area contributed by atoms with Crippen LogP contribution in [-0.4, -0.2) is 39.5 Å². The second kappa shape index (κ2) is 3.34. The van der Waals surface area contributed by atoms with Gasteiger partial charge in [0.1, 0.15) is 0 Å². The van der Waals surface area contributed by atoms with Gasteiger partial charge < -0.3 is 10.0 Å². The number of carboxylic acid groups (broad SMARTS) is 1. The molecule has 14 heavy (non-hydrogen) atoms. The highest BCUT2D eigenvalue weighted by Crippen LogP contribution is 2.13. The Morgan fingerprint density at radius 3 is 3.07 bits per heavy atom. The summed E-state index contributed by atoms with van der Waals surface area (Å²) in [6.07, 6.45) is 2.17. The molecule has 0 saturated carbocycles. The second-order valence-electron chi connectivity index (χ2n) is 3.44. The summed E-state index contributed by atoms with van der Waals surface area (Å²) in [5, 5.41) is 8.74. The van der Waals surface area contributed by atoms with E-state index >= 15 is 0 Å². The predicted octanol–water partition coefficient (Wildman–Crippen LogP) is 0.163. The zero-order chi connectivity index (χ0) is 10.1. The van der Waals surface area contributed by atoms with E-state index in [-0.39, 0.29) is 5.69 Å². The highest BCUT2D eigenvalue weighted by Gasteiger charge is 2.17. The molecule has 1 aliphatic rings. The number of hydrogen-bond donors (Lipinski definition) is 1. The van der Waals surface area contributed by atoms with Gasteiger partial charge in [-0.2, -0.15) is 0 Å². The number of hydrogen-bond acceptors (Lipinski definition) is 4. The van der Waals surface area contributed by atoms with Gasteiger partial charge in [0.15, 0.2) is 5.69 Å². The molecule has 0 aromatic carbocycles. The first-order valence-electron chi connectivity index (χ1n) is 4.43. The number of carboxylic acids is 1. The number of rotatable bonds is 1. The number of carbonyl (C=O) groups is 1. The van der Waals surface area contributed by atoms with Gasteiger partial charge in [-0.3, -0.25) is 4.98 Å². The third-order valence-corrected chi connectivity index (χ3v) is 2.30. The van der Waals surface area contributed by atoms with Crippen molar-refractivity contribution in [3.8, 4) is 0 Å². The molecule has 0 saturated heterocycles. The maximum absolute atomic E-state index is 10.7. The third-order valence-electron chi connectivity index (χ3n) is 2.30. The Labute approximate surface area is 81.4 Å². The molecule has 0 bridgehead atoms. The van der Waals surface area contributed by atoms with Gasteiger partial charge in [0.2, 0.25) is 0 Å². The van der Waals surface area contributed by atoms with Crippen LogP contribution in [0.4, 0.5) is 0 Å². The lowest BCUT2D eigenvalue weighted by molar-refractivity contribution is 0.0689. The Hall–Kier alpha value is -1.49. The minimum Gasteiger partial charge on any atom is -0.476 e. The molecule has 1 aromatic heterocycles. The van der Waals surface area contributed by atoms with Crippen LogP contribution in [-0.2, 0) is 13.0 Å². The van der Waals surface area contributed by atoms with Crippen molar-refractivity contribution in [1.82, 2.24) is 14.9 Å². The van der Waals surface area contributed by atoms with E-state index in [1.54, 1.807) is 0 Å². The Balaban J connectivity index is 2.37. The fourth-order valence-electron chi connectivity index (χ4n) is 1.52. The maximum Gasteiger partial charge on any atom is 0.356 e. The Morgan fingerprint density at radius 2 is 2.36 bits per heavy atom. The van der Waals surface area contributed by atoms with E-state index in [1.807, 2.05) is 7.05 Å². The van der Waals surface area contributed by atoms with Crippen LogP contribution >= 0.6 is 0 Å². The predicted molar refractivity (Wildman–Crippen MR) is 49.0 cm³/mol. The van der Waals surface area contributed by atoms with Crippen LogP contribution < -0.4 is 0 Å². The van der Waals surface area contributed by atoms with Crippen LogP contribution in [0.2, 0.25) is 0 Å². The highest BCUT2D eigenvalue weighted by molar-refractivity contribution is 5.84. The summed E-state index contributed by atoms with van der Waals surface area (Å²) in [5.41, 5.74) is 1.74. The average Bonchev–Trinajstić information content (AvgIpc) is 2.16. The molecule has 1 aromatic rings. The minimum absolute atomic E-state index is 0.0269. The van der Waals surface area contributed by atoms with Crippen molar-refractivity contribution in [2.75, 3.05) is 13.6 Å². The van der Waals surface area contributed by atoms with Gasteiger partial charge in [0, 0.05) is 19.5 Å². The van der Waals surface area contributed by atoms with Crippen molar-refractivity contribution in [3.63, 3.8) is 0 Å². The van der Waals surface area contributed by atoms with E-state index < -0.39 is 5.97 Å². The fraction of sp³-hybridized carbons (Fsp3) is 0.444. The largest absolute Gasteiger partial charge is 0.476 e. The molecule has 1 aliphatic heterocycles. The lowest BCUT2D eigenvalue weighted by atomic mass is 10.1. The molecule has 0 fully saturated rings. The van der Waals surface area contributed by atoms with Crippen LogP contribution in [0.15, 0.2) is 6.20 Å². The molecule has 1 N–H and O–H groups in total. The van der Waals surface area contributed by atoms with Crippen molar-refractivity contribution in [3.05, 3.63) is 23.3 Å². The molecule has 74 valence electrons. The van der Waals surface area contributed by atoms with Crippen molar-refractivity contribution in [1.29, 1.82) is 0 Å². The zero-order valence-electron chi connectivity index (χ0n) is 7.90. The van der Waals surface area contributed by atoms with Gasteiger partial charge in [-0.05, 0) is 7.05 Å². The van der Waals surface area contributed by atoms with Gasteiger partial charge >= 0.3 is 5.97 Å². The Kier molecular flexibility index (Phi) is 2.17. The summed E-state index contributed by atoms with van der Waals surface area (Å²) in [5.74, 6) is -1.02. The number of likely N-dealkylation sites (N-methyl/N-ethyl adjacent to an activating group) is 1.